The molecular formula is C29H20O5. The lowest BCUT2D eigenvalue weighted by atomic mass is 10.0. The van der Waals surface area contributed by atoms with E-state index >= 15 is 0 Å². The first kappa shape index (κ1) is 21.2. The van der Waals surface area contributed by atoms with Crippen LogP contribution in [0.4, 0.5) is 0 Å². The zero-order chi connectivity index (χ0) is 23.5. The molecule has 5 aromatic rings. The Morgan fingerprint density at radius 3 is 2.18 bits per heavy atom. The average molecular weight is 448 g/mol. The lowest BCUT2D eigenvalue weighted by Crippen LogP contribution is -2.09. The molecule has 0 unspecified atom stereocenters. The smallest absolute Gasteiger partial charge is 0.343 e. The van der Waals surface area contributed by atoms with Crippen LogP contribution in [0, 0.1) is 6.92 Å². The van der Waals surface area contributed by atoms with Crippen LogP contribution >= 0.6 is 0 Å². The highest BCUT2D eigenvalue weighted by Crippen LogP contribution is 2.25. The predicted octanol–water partition coefficient (Wildman–Crippen LogP) is 6.78. The summed E-state index contributed by atoms with van der Waals surface area (Å²) in [4.78, 5) is 25.4. The summed E-state index contributed by atoms with van der Waals surface area (Å²) >= 11 is 0. The molecule has 4 aromatic carbocycles. The van der Waals surface area contributed by atoms with Crippen LogP contribution in [0.1, 0.15) is 15.9 Å². The zero-order valence-electron chi connectivity index (χ0n) is 18.4. The summed E-state index contributed by atoms with van der Waals surface area (Å²) in [5.74, 6) is 0.404. The summed E-state index contributed by atoms with van der Waals surface area (Å²) in [5, 5.41) is 0.330. The van der Waals surface area contributed by atoms with Gasteiger partial charge in [-0.25, -0.2) is 4.79 Å². The van der Waals surface area contributed by atoms with Crippen LogP contribution < -0.4 is 14.9 Å². The van der Waals surface area contributed by atoms with Gasteiger partial charge < -0.3 is 13.9 Å². The summed E-state index contributed by atoms with van der Waals surface area (Å²) in [7, 11) is 0. The van der Waals surface area contributed by atoms with Crippen molar-refractivity contribution in [3.63, 3.8) is 0 Å². The topological polar surface area (TPSA) is 65.7 Å². The van der Waals surface area contributed by atoms with Crippen molar-refractivity contribution in [1.82, 2.24) is 0 Å². The molecule has 0 amide bonds. The zero-order valence-corrected chi connectivity index (χ0v) is 18.4. The summed E-state index contributed by atoms with van der Waals surface area (Å²) in [6, 6.07) is 29.1. The van der Waals surface area contributed by atoms with Crippen LogP contribution in [0.3, 0.4) is 0 Å². The molecule has 0 aliphatic rings. The Labute approximate surface area is 195 Å². The second-order valence-electron chi connectivity index (χ2n) is 7.84. The molecule has 0 spiro atoms. The first-order valence-corrected chi connectivity index (χ1v) is 10.7. The van der Waals surface area contributed by atoms with Crippen molar-refractivity contribution in [1.29, 1.82) is 0 Å². The third-order valence-corrected chi connectivity index (χ3v) is 5.40. The van der Waals surface area contributed by atoms with Gasteiger partial charge in [-0.1, -0.05) is 60.2 Å². The second-order valence-corrected chi connectivity index (χ2v) is 7.84. The molecule has 0 aliphatic heterocycles. The van der Waals surface area contributed by atoms with Crippen LogP contribution in [-0.2, 0) is 0 Å². The standard InChI is InChI=1S/C29H20O5/c1-19-7-13-23(14-8-19)33-27-18-32-26-17-24(15-16-25(26)28(27)30)34-29(31)22-11-9-21(10-12-22)20-5-3-2-4-6-20/h2-18H,1H3. The van der Waals surface area contributed by atoms with Gasteiger partial charge in [-0.2, -0.15) is 0 Å². The van der Waals surface area contributed by atoms with Crippen molar-refractivity contribution in [2.75, 3.05) is 0 Å². The minimum atomic E-state index is -0.499. The fraction of sp³-hybridized carbons (Fsp3) is 0.0345. The largest absolute Gasteiger partial charge is 0.460 e. The summed E-state index contributed by atoms with van der Waals surface area (Å²) in [6.07, 6.45) is 1.26. The molecule has 0 bridgehead atoms. The number of rotatable bonds is 5. The van der Waals surface area contributed by atoms with Crippen molar-refractivity contribution in [2.45, 2.75) is 6.92 Å². The molecule has 5 heteroatoms. The molecule has 34 heavy (non-hydrogen) atoms. The number of esters is 1. The Morgan fingerprint density at radius 1 is 0.765 bits per heavy atom. The van der Waals surface area contributed by atoms with Gasteiger partial charge in [-0.05, 0) is 54.4 Å². The van der Waals surface area contributed by atoms with Gasteiger partial charge in [0.15, 0.2) is 0 Å². The van der Waals surface area contributed by atoms with Gasteiger partial charge in [0.25, 0.3) is 0 Å². The fourth-order valence-electron chi connectivity index (χ4n) is 3.55. The molecule has 0 saturated heterocycles. The van der Waals surface area contributed by atoms with E-state index < -0.39 is 5.97 Å². The van der Waals surface area contributed by atoms with Gasteiger partial charge in [0.2, 0.25) is 11.2 Å². The molecule has 5 nitrogen and oxygen atoms in total. The van der Waals surface area contributed by atoms with Crippen LogP contribution in [-0.4, -0.2) is 5.97 Å². The van der Waals surface area contributed by atoms with E-state index in [1.165, 1.54) is 12.3 Å². The van der Waals surface area contributed by atoms with E-state index in [0.29, 0.717) is 22.3 Å². The van der Waals surface area contributed by atoms with Gasteiger partial charge in [0.1, 0.15) is 23.3 Å². The highest BCUT2D eigenvalue weighted by molar-refractivity contribution is 5.92. The minimum Gasteiger partial charge on any atom is -0.460 e. The highest BCUT2D eigenvalue weighted by Gasteiger charge is 2.13. The maximum Gasteiger partial charge on any atom is 0.343 e. The maximum absolute atomic E-state index is 12.8. The van der Waals surface area contributed by atoms with Crippen LogP contribution in [0.15, 0.2) is 113 Å². The van der Waals surface area contributed by atoms with Crippen LogP contribution in [0.5, 0.6) is 17.2 Å². The number of hydrogen-bond acceptors (Lipinski definition) is 5. The first-order chi connectivity index (χ1) is 16.6. The third kappa shape index (κ3) is 4.45. The SMILES string of the molecule is Cc1ccc(Oc2coc3cc(OC(=O)c4ccc(-c5ccccc5)cc4)ccc3c2=O)cc1. The van der Waals surface area contributed by atoms with E-state index in [1.807, 2.05) is 61.5 Å². The lowest BCUT2D eigenvalue weighted by Gasteiger charge is -2.08. The summed E-state index contributed by atoms with van der Waals surface area (Å²) < 4.78 is 16.8. The second kappa shape index (κ2) is 9.08. The van der Waals surface area contributed by atoms with Crippen molar-refractivity contribution < 1.29 is 18.7 Å². The average Bonchev–Trinajstić information content (AvgIpc) is 2.87. The Bertz CT molecular complexity index is 1520. The number of aryl methyl sites for hydroxylation is 1. The molecule has 166 valence electrons. The molecule has 0 saturated carbocycles. The molecule has 0 aliphatic carbocycles. The van der Waals surface area contributed by atoms with Crippen molar-refractivity contribution in [2.24, 2.45) is 0 Å². The van der Waals surface area contributed by atoms with Crippen LogP contribution in [0.25, 0.3) is 22.1 Å². The molecule has 1 heterocycles. The van der Waals surface area contributed by atoms with E-state index in [4.69, 9.17) is 13.9 Å². The van der Waals surface area contributed by atoms with Crippen LogP contribution in [0.2, 0.25) is 0 Å². The number of ether oxygens (including phenoxy) is 2. The number of hydrogen-bond donors (Lipinski definition) is 0. The molecule has 0 N–H and O–H groups in total. The van der Waals surface area contributed by atoms with Gasteiger partial charge in [0, 0.05) is 6.07 Å². The third-order valence-electron chi connectivity index (χ3n) is 5.40. The van der Waals surface area contributed by atoms with Crippen molar-refractivity contribution in [3.05, 3.63) is 125 Å². The van der Waals surface area contributed by atoms with Gasteiger partial charge in [0.05, 0.1) is 10.9 Å². The highest BCUT2D eigenvalue weighted by atomic mass is 16.5. The van der Waals surface area contributed by atoms with E-state index in [1.54, 1.807) is 36.4 Å². The quantitative estimate of drug-likeness (QED) is 0.219. The maximum atomic E-state index is 12.8. The lowest BCUT2D eigenvalue weighted by molar-refractivity contribution is 0.0735. The van der Waals surface area contributed by atoms with E-state index in [-0.39, 0.29) is 16.9 Å². The molecular weight excluding hydrogens is 428 g/mol. The monoisotopic (exact) mass is 448 g/mol. The van der Waals surface area contributed by atoms with E-state index in [9.17, 15) is 9.59 Å². The molecule has 0 fully saturated rings. The number of carbonyl (C=O) groups excluding carboxylic acids is 1. The minimum absolute atomic E-state index is 0.0830. The Morgan fingerprint density at radius 2 is 1.44 bits per heavy atom. The molecule has 0 atom stereocenters. The first-order valence-electron chi connectivity index (χ1n) is 10.7. The Kier molecular flexibility index (Phi) is 5.67. The van der Waals surface area contributed by atoms with Gasteiger partial charge in [-0.3, -0.25) is 4.79 Å². The fourth-order valence-corrected chi connectivity index (χ4v) is 3.55. The van der Waals surface area contributed by atoms with Gasteiger partial charge in [-0.15, -0.1) is 0 Å². The number of carbonyl (C=O) groups is 1. The Hall–Kier alpha value is -4.64. The Balaban J connectivity index is 1.33. The van der Waals surface area contributed by atoms with E-state index in [2.05, 4.69) is 0 Å². The van der Waals surface area contributed by atoms with Gasteiger partial charge >= 0.3 is 5.97 Å². The number of benzene rings is 4. The molecule has 0 radical (unpaired) electrons. The van der Waals surface area contributed by atoms with Crippen molar-refractivity contribution in [3.8, 4) is 28.4 Å². The summed E-state index contributed by atoms with van der Waals surface area (Å²) in [5.41, 5.74) is 3.57. The summed E-state index contributed by atoms with van der Waals surface area (Å²) in [6.45, 7) is 1.97. The van der Waals surface area contributed by atoms with Crippen molar-refractivity contribution >= 4 is 16.9 Å². The van der Waals surface area contributed by atoms with E-state index in [0.717, 1.165) is 16.7 Å². The predicted molar refractivity (Wildman–Crippen MR) is 131 cm³/mol. The normalized spacial score (nSPS) is 10.7. The molecule has 1 aromatic heterocycles. The molecule has 5 rings (SSSR count). The number of fused-ring (bicyclic) bond motifs is 1.